The van der Waals surface area contributed by atoms with Gasteiger partial charge in [0, 0.05) is 5.56 Å². The van der Waals surface area contributed by atoms with Gasteiger partial charge in [-0.1, -0.05) is 30.4 Å². The number of aromatic hydroxyl groups is 1. The lowest BCUT2D eigenvalue weighted by molar-refractivity contribution is 0.475. The molecular weight excluding hydrogens is 237 g/mol. The highest BCUT2D eigenvalue weighted by molar-refractivity contribution is 7.80. The summed E-state index contributed by atoms with van der Waals surface area (Å²) >= 11 is 4.78. The molecule has 0 saturated heterocycles. The molecule has 0 radical (unpaired) electrons. The van der Waals surface area contributed by atoms with Gasteiger partial charge in [-0.25, -0.2) is 4.39 Å². The van der Waals surface area contributed by atoms with E-state index in [4.69, 9.17) is 18.0 Å². The second kappa shape index (κ2) is 4.51. The maximum Gasteiger partial charge on any atom is 0.133 e. The molecule has 4 heteroatoms. The van der Waals surface area contributed by atoms with Crippen LogP contribution in [0.25, 0.3) is 11.1 Å². The van der Waals surface area contributed by atoms with Gasteiger partial charge >= 0.3 is 0 Å². The first-order valence-electron chi connectivity index (χ1n) is 4.96. The van der Waals surface area contributed by atoms with E-state index in [-0.39, 0.29) is 16.3 Å². The van der Waals surface area contributed by atoms with Gasteiger partial charge in [0.15, 0.2) is 0 Å². The molecule has 0 aliphatic heterocycles. The van der Waals surface area contributed by atoms with Crippen molar-refractivity contribution < 1.29 is 9.50 Å². The van der Waals surface area contributed by atoms with Gasteiger partial charge in [-0.2, -0.15) is 0 Å². The lowest BCUT2D eigenvalue weighted by Gasteiger charge is -2.06. The van der Waals surface area contributed by atoms with E-state index in [9.17, 15) is 9.50 Å². The van der Waals surface area contributed by atoms with Crippen LogP contribution in [0.15, 0.2) is 42.5 Å². The molecule has 2 aromatic carbocycles. The number of hydrogen-bond acceptors (Lipinski definition) is 2. The van der Waals surface area contributed by atoms with Gasteiger partial charge in [-0.15, -0.1) is 0 Å². The number of phenolic OH excluding ortho intramolecular Hbond substituents is 1. The summed E-state index contributed by atoms with van der Waals surface area (Å²) in [6.07, 6.45) is 0. The Hall–Kier alpha value is -1.94. The molecular formula is C13H10FNOS. The number of nitrogens with two attached hydrogens (primary N) is 1. The molecule has 0 saturated carbocycles. The van der Waals surface area contributed by atoms with E-state index < -0.39 is 5.82 Å². The quantitative estimate of drug-likeness (QED) is 0.802. The summed E-state index contributed by atoms with van der Waals surface area (Å²) in [6, 6.07) is 11.2. The summed E-state index contributed by atoms with van der Waals surface area (Å²) in [4.78, 5) is 0.0307. The number of halogens is 1. The zero-order valence-electron chi connectivity index (χ0n) is 8.85. The third-order valence-electron chi connectivity index (χ3n) is 2.43. The largest absolute Gasteiger partial charge is 0.508 e. The molecule has 0 spiro atoms. The number of hydrogen-bond donors (Lipinski definition) is 2. The highest BCUT2D eigenvalue weighted by atomic mass is 32.1. The number of benzene rings is 2. The minimum atomic E-state index is -0.431. The van der Waals surface area contributed by atoms with Crippen LogP contribution in [0.2, 0.25) is 0 Å². The summed E-state index contributed by atoms with van der Waals surface area (Å²) in [5.41, 5.74) is 7.33. The lowest BCUT2D eigenvalue weighted by Crippen LogP contribution is -2.11. The Kier molecular flexibility index (Phi) is 3.06. The monoisotopic (exact) mass is 247 g/mol. The molecule has 2 aromatic rings. The standard InChI is InChI=1S/C13H10FNOS/c14-12-6-3-9(7-11(12)13(15)17)8-1-4-10(16)5-2-8/h1-7,16H,(H2,15,17). The van der Waals surface area contributed by atoms with Crippen LogP contribution in [0, 0.1) is 5.82 Å². The molecule has 0 aliphatic carbocycles. The first-order chi connectivity index (χ1) is 8.08. The van der Waals surface area contributed by atoms with E-state index in [1.54, 1.807) is 36.4 Å². The Morgan fingerprint density at radius 2 is 1.65 bits per heavy atom. The lowest BCUT2D eigenvalue weighted by atomic mass is 10.0. The van der Waals surface area contributed by atoms with E-state index >= 15 is 0 Å². The van der Waals surface area contributed by atoms with Crippen LogP contribution >= 0.6 is 12.2 Å². The summed E-state index contributed by atoms with van der Waals surface area (Å²) in [5.74, 6) is -0.245. The van der Waals surface area contributed by atoms with Crippen molar-refractivity contribution in [1.29, 1.82) is 0 Å². The molecule has 0 amide bonds. The van der Waals surface area contributed by atoms with E-state index in [1.807, 2.05) is 0 Å². The van der Waals surface area contributed by atoms with Gasteiger partial charge in [-0.3, -0.25) is 0 Å². The van der Waals surface area contributed by atoms with E-state index in [2.05, 4.69) is 0 Å². The van der Waals surface area contributed by atoms with Crippen LogP contribution in [-0.4, -0.2) is 10.1 Å². The maximum absolute atomic E-state index is 13.4. The molecule has 0 aromatic heterocycles. The zero-order valence-corrected chi connectivity index (χ0v) is 9.67. The number of rotatable bonds is 2. The summed E-state index contributed by atoms with van der Waals surface area (Å²) < 4.78 is 13.4. The van der Waals surface area contributed by atoms with Crippen molar-refractivity contribution in [2.24, 2.45) is 5.73 Å². The maximum atomic E-state index is 13.4. The predicted molar refractivity (Wildman–Crippen MR) is 69.4 cm³/mol. The normalized spacial score (nSPS) is 10.2. The van der Waals surface area contributed by atoms with E-state index in [0.717, 1.165) is 11.1 Å². The topological polar surface area (TPSA) is 46.2 Å². The average Bonchev–Trinajstić information content (AvgIpc) is 2.30. The smallest absolute Gasteiger partial charge is 0.133 e. The van der Waals surface area contributed by atoms with Crippen molar-refractivity contribution >= 4 is 17.2 Å². The molecule has 2 nitrogen and oxygen atoms in total. The minimum Gasteiger partial charge on any atom is -0.508 e. The number of thiocarbonyl (C=S) groups is 1. The Balaban J connectivity index is 2.50. The first-order valence-corrected chi connectivity index (χ1v) is 5.37. The average molecular weight is 247 g/mol. The van der Waals surface area contributed by atoms with Crippen molar-refractivity contribution in [2.75, 3.05) is 0 Å². The van der Waals surface area contributed by atoms with Gasteiger partial charge < -0.3 is 10.8 Å². The molecule has 17 heavy (non-hydrogen) atoms. The molecule has 3 N–H and O–H groups in total. The van der Waals surface area contributed by atoms with Crippen molar-refractivity contribution in [1.82, 2.24) is 0 Å². The molecule has 0 atom stereocenters. The second-order valence-corrected chi connectivity index (χ2v) is 4.05. The Labute approximate surface area is 104 Å². The third kappa shape index (κ3) is 2.42. The van der Waals surface area contributed by atoms with Gasteiger partial charge in [0.25, 0.3) is 0 Å². The molecule has 0 fully saturated rings. The summed E-state index contributed by atoms with van der Waals surface area (Å²) in [7, 11) is 0. The highest BCUT2D eigenvalue weighted by Crippen LogP contribution is 2.24. The van der Waals surface area contributed by atoms with E-state index in [1.165, 1.54) is 6.07 Å². The predicted octanol–water partition coefficient (Wildman–Crippen LogP) is 2.83. The van der Waals surface area contributed by atoms with Gasteiger partial charge in [0.05, 0.1) is 0 Å². The fourth-order valence-corrected chi connectivity index (χ4v) is 1.70. The Morgan fingerprint density at radius 1 is 1.06 bits per heavy atom. The molecule has 0 bridgehead atoms. The van der Waals surface area contributed by atoms with Crippen molar-refractivity contribution in [3.8, 4) is 16.9 Å². The highest BCUT2D eigenvalue weighted by Gasteiger charge is 2.07. The van der Waals surface area contributed by atoms with Crippen molar-refractivity contribution in [3.05, 3.63) is 53.8 Å². The Bertz CT molecular complexity index is 566. The fraction of sp³-hybridized carbons (Fsp3) is 0. The van der Waals surface area contributed by atoms with Gasteiger partial charge in [-0.05, 0) is 35.4 Å². The van der Waals surface area contributed by atoms with Crippen molar-refractivity contribution in [3.63, 3.8) is 0 Å². The summed E-state index contributed by atoms with van der Waals surface area (Å²) in [5, 5.41) is 9.19. The summed E-state index contributed by atoms with van der Waals surface area (Å²) in [6.45, 7) is 0. The van der Waals surface area contributed by atoms with E-state index in [0.29, 0.717) is 0 Å². The van der Waals surface area contributed by atoms with Crippen LogP contribution in [0.1, 0.15) is 5.56 Å². The van der Waals surface area contributed by atoms with Crippen LogP contribution in [0.4, 0.5) is 4.39 Å². The van der Waals surface area contributed by atoms with Crippen molar-refractivity contribution in [2.45, 2.75) is 0 Å². The van der Waals surface area contributed by atoms with Gasteiger partial charge in [0.2, 0.25) is 0 Å². The number of phenols is 1. The molecule has 86 valence electrons. The zero-order chi connectivity index (χ0) is 12.4. The van der Waals surface area contributed by atoms with Crippen LogP contribution in [0.3, 0.4) is 0 Å². The Morgan fingerprint density at radius 3 is 2.24 bits per heavy atom. The first kappa shape index (κ1) is 11.5. The molecule has 0 unspecified atom stereocenters. The second-order valence-electron chi connectivity index (χ2n) is 3.61. The molecule has 0 heterocycles. The van der Waals surface area contributed by atoms with Crippen LogP contribution < -0.4 is 5.73 Å². The van der Waals surface area contributed by atoms with Gasteiger partial charge in [0.1, 0.15) is 16.6 Å². The molecule has 2 rings (SSSR count). The van der Waals surface area contributed by atoms with Crippen LogP contribution in [-0.2, 0) is 0 Å². The third-order valence-corrected chi connectivity index (χ3v) is 2.65. The SMILES string of the molecule is NC(=S)c1cc(-c2ccc(O)cc2)ccc1F. The fourth-order valence-electron chi connectivity index (χ4n) is 1.55. The van der Waals surface area contributed by atoms with Crippen LogP contribution in [0.5, 0.6) is 5.75 Å². The molecule has 0 aliphatic rings. The minimum absolute atomic E-state index is 0.0307.